The number of rotatable bonds is 6. The van der Waals surface area contributed by atoms with Gasteiger partial charge in [-0.25, -0.2) is 4.98 Å². The molecule has 3 aromatic heterocycles. The van der Waals surface area contributed by atoms with E-state index in [0.29, 0.717) is 22.3 Å². The number of H-pyrrole nitrogens is 1. The first kappa shape index (κ1) is 19.7. The van der Waals surface area contributed by atoms with Crippen molar-refractivity contribution in [3.05, 3.63) is 62.3 Å². The highest BCUT2D eigenvalue weighted by Crippen LogP contribution is 2.33. The third-order valence-corrected chi connectivity index (χ3v) is 6.56. The molecule has 0 bridgehead atoms. The number of aromatic nitrogens is 4. The monoisotopic (exact) mass is 428 g/mol. The summed E-state index contributed by atoms with van der Waals surface area (Å²) < 4.78 is 11.4. The van der Waals surface area contributed by atoms with Crippen LogP contribution >= 0.6 is 23.1 Å². The first-order chi connectivity index (χ1) is 13.9. The van der Waals surface area contributed by atoms with Crippen molar-refractivity contribution >= 4 is 33.3 Å². The molecule has 3 heterocycles. The summed E-state index contributed by atoms with van der Waals surface area (Å²) in [6.45, 7) is 8.08. The van der Waals surface area contributed by atoms with Crippen LogP contribution in [0.5, 0.6) is 5.75 Å². The molecule has 9 heteroatoms. The average molecular weight is 429 g/mol. The summed E-state index contributed by atoms with van der Waals surface area (Å²) in [5.41, 5.74) is 1.99. The van der Waals surface area contributed by atoms with Gasteiger partial charge in [0.1, 0.15) is 16.4 Å². The maximum Gasteiger partial charge on any atom is 0.277 e. The second-order valence-corrected chi connectivity index (χ2v) is 9.24. The van der Waals surface area contributed by atoms with Gasteiger partial charge >= 0.3 is 0 Å². The zero-order valence-electron chi connectivity index (χ0n) is 16.5. The summed E-state index contributed by atoms with van der Waals surface area (Å²) in [6.07, 6.45) is 0. The van der Waals surface area contributed by atoms with Gasteiger partial charge in [-0.05, 0) is 51.0 Å². The molecule has 1 N–H and O–H groups in total. The lowest BCUT2D eigenvalue weighted by Crippen LogP contribution is -2.12. The fourth-order valence-corrected chi connectivity index (χ4v) is 4.66. The number of thioether (sulfide) groups is 1. The fraction of sp³-hybridized carbons (Fsp3) is 0.300. The van der Waals surface area contributed by atoms with Crippen LogP contribution < -0.4 is 10.3 Å². The quantitative estimate of drug-likeness (QED) is 0.444. The maximum atomic E-state index is 12.5. The maximum absolute atomic E-state index is 12.5. The summed E-state index contributed by atoms with van der Waals surface area (Å²) in [6, 6.07) is 7.76. The third kappa shape index (κ3) is 4.20. The van der Waals surface area contributed by atoms with Crippen LogP contribution in [0, 0.1) is 20.8 Å². The van der Waals surface area contributed by atoms with E-state index in [4.69, 9.17) is 9.15 Å². The summed E-state index contributed by atoms with van der Waals surface area (Å²) in [5.74, 6) is 1.73. The van der Waals surface area contributed by atoms with Gasteiger partial charge in [0.05, 0.1) is 10.6 Å². The number of aromatic amines is 1. The summed E-state index contributed by atoms with van der Waals surface area (Å²) in [4.78, 5) is 21.8. The van der Waals surface area contributed by atoms with Crippen LogP contribution in [0.25, 0.3) is 10.2 Å². The molecule has 0 aliphatic heterocycles. The first-order valence-electron chi connectivity index (χ1n) is 9.09. The molecule has 0 saturated heterocycles. The molecule has 7 nitrogen and oxygen atoms in total. The molecule has 0 radical (unpaired) electrons. The van der Waals surface area contributed by atoms with Gasteiger partial charge in [-0.1, -0.05) is 23.9 Å². The highest BCUT2D eigenvalue weighted by molar-refractivity contribution is 7.99. The molecule has 0 spiro atoms. The Morgan fingerprint density at radius 2 is 2.10 bits per heavy atom. The Kier molecular flexibility index (Phi) is 5.42. The van der Waals surface area contributed by atoms with Crippen molar-refractivity contribution in [2.75, 3.05) is 0 Å². The topological polar surface area (TPSA) is 93.9 Å². The van der Waals surface area contributed by atoms with Gasteiger partial charge in [0.15, 0.2) is 6.61 Å². The van der Waals surface area contributed by atoms with Crippen molar-refractivity contribution in [2.45, 2.75) is 44.8 Å². The van der Waals surface area contributed by atoms with Crippen LogP contribution in [0.1, 0.15) is 39.9 Å². The van der Waals surface area contributed by atoms with E-state index in [1.807, 2.05) is 52.0 Å². The zero-order valence-corrected chi connectivity index (χ0v) is 18.1. The summed E-state index contributed by atoms with van der Waals surface area (Å²) in [5, 5.41) is 9.01. The molecule has 0 amide bonds. The SMILES string of the molecule is Cc1cccc(OCc2nnc(SC(C)c3nc4sc(C)c(C)c4c(=O)[nH]3)o2)c1. The summed E-state index contributed by atoms with van der Waals surface area (Å²) in [7, 11) is 0. The largest absolute Gasteiger partial charge is 0.484 e. The number of ether oxygens (including phenoxy) is 1. The third-order valence-electron chi connectivity index (χ3n) is 4.52. The van der Waals surface area contributed by atoms with Gasteiger partial charge in [0, 0.05) is 4.88 Å². The van der Waals surface area contributed by atoms with Gasteiger partial charge in [-0.15, -0.1) is 21.5 Å². The molecule has 0 fully saturated rings. The highest BCUT2D eigenvalue weighted by atomic mass is 32.2. The van der Waals surface area contributed by atoms with Crippen molar-refractivity contribution in [3.63, 3.8) is 0 Å². The molecule has 150 valence electrons. The minimum absolute atomic E-state index is 0.114. The molecule has 0 aliphatic rings. The van der Waals surface area contributed by atoms with Crippen LogP contribution in [0.3, 0.4) is 0 Å². The normalized spacial score (nSPS) is 12.4. The zero-order chi connectivity index (χ0) is 20.5. The number of benzene rings is 1. The van der Waals surface area contributed by atoms with Gasteiger partial charge in [0.25, 0.3) is 16.7 Å². The van der Waals surface area contributed by atoms with Gasteiger partial charge in [-0.3, -0.25) is 4.79 Å². The minimum Gasteiger partial charge on any atom is -0.484 e. The van der Waals surface area contributed by atoms with Crippen LogP contribution in [-0.2, 0) is 6.61 Å². The van der Waals surface area contributed by atoms with Crippen LogP contribution in [0.15, 0.2) is 38.7 Å². The van der Waals surface area contributed by atoms with Crippen molar-refractivity contribution in [1.29, 1.82) is 0 Å². The van der Waals surface area contributed by atoms with E-state index < -0.39 is 0 Å². The van der Waals surface area contributed by atoms with E-state index in [2.05, 4.69) is 20.2 Å². The molecular weight excluding hydrogens is 408 g/mol. The number of nitrogens with zero attached hydrogens (tertiary/aromatic N) is 3. The number of thiophene rings is 1. The Hall–Kier alpha value is -2.65. The average Bonchev–Trinajstić information content (AvgIpc) is 3.24. The Labute approximate surface area is 175 Å². The van der Waals surface area contributed by atoms with Crippen molar-refractivity contribution in [2.24, 2.45) is 0 Å². The van der Waals surface area contributed by atoms with Crippen molar-refractivity contribution in [3.8, 4) is 5.75 Å². The van der Waals surface area contributed by atoms with E-state index in [1.165, 1.54) is 23.1 Å². The second-order valence-electron chi connectivity index (χ2n) is 6.74. The van der Waals surface area contributed by atoms with Crippen molar-refractivity contribution < 1.29 is 9.15 Å². The Bertz CT molecular complexity index is 1230. The standard InChI is InChI=1S/C20H20N4O3S2/c1-10-6-5-7-14(8-10)26-9-15-23-24-20(27-15)29-13(4)17-21-18(25)16-11(2)12(3)28-19(16)22-17/h5-8,13H,9H2,1-4H3,(H,21,22,25). The van der Waals surface area contributed by atoms with Gasteiger partial charge in [-0.2, -0.15) is 0 Å². The number of aryl methyl sites for hydroxylation is 3. The molecule has 0 aliphatic carbocycles. The predicted octanol–water partition coefficient (Wildman–Crippen LogP) is 4.73. The van der Waals surface area contributed by atoms with Crippen LogP contribution in [-0.4, -0.2) is 20.2 Å². The van der Waals surface area contributed by atoms with E-state index in [1.54, 1.807) is 0 Å². The highest BCUT2D eigenvalue weighted by Gasteiger charge is 2.18. The van der Waals surface area contributed by atoms with E-state index >= 15 is 0 Å². The number of nitrogens with one attached hydrogen (secondary N) is 1. The molecule has 4 rings (SSSR count). The lowest BCUT2D eigenvalue weighted by Gasteiger charge is -2.07. The Morgan fingerprint density at radius 1 is 1.28 bits per heavy atom. The Balaban J connectivity index is 1.46. The number of hydrogen-bond donors (Lipinski definition) is 1. The number of hydrogen-bond acceptors (Lipinski definition) is 8. The smallest absolute Gasteiger partial charge is 0.277 e. The first-order valence-corrected chi connectivity index (χ1v) is 10.8. The second kappa shape index (κ2) is 8.00. The molecule has 29 heavy (non-hydrogen) atoms. The molecule has 1 unspecified atom stereocenters. The lowest BCUT2D eigenvalue weighted by atomic mass is 10.2. The molecule has 1 atom stereocenters. The van der Waals surface area contributed by atoms with Crippen molar-refractivity contribution in [1.82, 2.24) is 20.2 Å². The van der Waals surface area contributed by atoms with Crippen LogP contribution in [0.4, 0.5) is 0 Å². The van der Waals surface area contributed by atoms with Crippen LogP contribution in [0.2, 0.25) is 0 Å². The van der Waals surface area contributed by atoms with E-state index in [9.17, 15) is 4.79 Å². The molecule has 1 aromatic carbocycles. The minimum atomic E-state index is -0.152. The fourth-order valence-electron chi connectivity index (χ4n) is 2.87. The molecular formula is C20H20N4O3S2. The summed E-state index contributed by atoms with van der Waals surface area (Å²) >= 11 is 2.88. The Morgan fingerprint density at radius 3 is 2.90 bits per heavy atom. The predicted molar refractivity (Wildman–Crippen MR) is 114 cm³/mol. The number of fused-ring (bicyclic) bond motifs is 1. The molecule has 4 aromatic rings. The van der Waals surface area contributed by atoms with Gasteiger partial charge < -0.3 is 14.1 Å². The van der Waals surface area contributed by atoms with E-state index in [-0.39, 0.29) is 17.4 Å². The lowest BCUT2D eigenvalue weighted by molar-refractivity contribution is 0.252. The van der Waals surface area contributed by atoms with Gasteiger partial charge in [0.2, 0.25) is 0 Å². The van der Waals surface area contributed by atoms with E-state index in [0.717, 1.165) is 26.6 Å². The molecule has 0 saturated carbocycles.